The third-order valence-electron chi connectivity index (χ3n) is 4.62. The van der Waals surface area contributed by atoms with Gasteiger partial charge in [-0.05, 0) is 36.4 Å². The Balaban J connectivity index is 1.88. The van der Waals surface area contributed by atoms with Crippen molar-refractivity contribution < 1.29 is 23.1 Å². The van der Waals surface area contributed by atoms with E-state index in [1.165, 1.54) is 22.9 Å². The lowest BCUT2D eigenvalue weighted by molar-refractivity contribution is -0.137. The number of halogens is 3. The van der Waals surface area contributed by atoms with E-state index in [-0.39, 0.29) is 11.3 Å². The summed E-state index contributed by atoms with van der Waals surface area (Å²) in [5.41, 5.74) is 2.18. The van der Waals surface area contributed by atoms with Crippen LogP contribution in [0.25, 0.3) is 28.2 Å². The number of hydrogen-bond donors (Lipinski definition) is 1. The molecule has 1 aromatic heterocycles. The number of carbonyl (C=O) groups is 1. The predicted octanol–water partition coefficient (Wildman–Crippen LogP) is 5.92. The summed E-state index contributed by atoms with van der Waals surface area (Å²) in [6.07, 6.45) is -4.48. The lowest BCUT2D eigenvalue weighted by atomic mass is 10.1. The van der Waals surface area contributed by atoms with E-state index in [0.29, 0.717) is 17.0 Å². The second kappa shape index (κ2) is 7.51. The molecule has 0 spiro atoms. The van der Waals surface area contributed by atoms with E-state index in [2.05, 4.69) is 5.10 Å². The summed E-state index contributed by atoms with van der Waals surface area (Å²) >= 11 is 0. The molecular weight excluding hydrogens is 393 g/mol. The first-order chi connectivity index (χ1) is 14.3. The Bertz CT molecular complexity index is 1200. The fourth-order valence-corrected chi connectivity index (χ4v) is 3.13. The molecule has 1 N–H and O–H groups in total. The second-order valence-electron chi connectivity index (χ2n) is 6.62. The van der Waals surface area contributed by atoms with E-state index in [4.69, 9.17) is 5.11 Å². The van der Waals surface area contributed by atoms with Gasteiger partial charge in [0.15, 0.2) is 0 Å². The minimum atomic E-state index is -4.48. The van der Waals surface area contributed by atoms with E-state index in [1.54, 1.807) is 24.3 Å². The number of alkyl halides is 3. The number of carboxylic acid groups (broad SMARTS) is 1. The van der Waals surface area contributed by atoms with E-state index in [1.807, 2.05) is 30.3 Å². The van der Waals surface area contributed by atoms with Crippen LogP contribution in [0.15, 0.2) is 84.9 Å². The van der Waals surface area contributed by atoms with Crippen LogP contribution in [-0.4, -0.2) is 20.9 Å². The van der Waals surface area contributed by atoms with Crippen molar-refractivity contribution in [3.8, 4) is 28.2 Å². The van der Waals surface area contributed by atoms with Gasteiger partial charge in [-0.2, -0.15) is 18.3 Å². The SMILES string of the molecule is O=C(O)c1ccc(-c2cc(-c3ccccc3)nn2-c2cccc(C(F)(F)F)c2)cc1. The summed E-state index contributed by atoms with van der Waals surface area (Å²) in [6, 6.07) is 22.1. The topological polar surface area (TPSA) is 55.1 Å². The highest BCUT2D eigenvalue weighted by Crippen LogP contribution is 2.33. The summed E-state index contributed by atoms with van der Waals surface area (Å²) in [5, 5.41) is 13.7. The molecule has 0 saturated carbocycles. The van der Waals surface area contributed by atoms with E-state index in [9.17, 15) is 18.0 Å². The second-order valence-corrected chi connectivity index (χ2v) is 6.62. The number of aromatic carboxylic acids is 1. The fourth-order valence-electron chi connectivity index (χ4n) is 3.13. The molecular formula is C23H15F3N2O2. The van der Waals surface area contributed by atoms with Crippen molar-refractivity contribution >= 4 is 5.97 Å². The average molecular weight is 408 g/mol. The maximum Gasteiger partial charge on any atom is 0.416 e. The lowest BCUT2D eigenvalue weighted by Crippen LogP contribution is -2.07. The highest BCUT2D eigenvalue weighted by Gasteiger charge is 2.30. The van der Waals surface area contributed by atoms with Gasteiger partial charge >= 0.3 is 12.1 Å². The molecule has 4 nitrogen and oxygen atoms in total. The molecule has 3 aromatic carbocycles. The summed E-state index contributed by atoms with van der Waals surface area (Å²) < 4.78 is 41.1. The van der Waals surface area contributed by atoms with Gasteiger partial charge in [0.05, 0.1) is 28.2 Å². The summed E-state index contributed by atoms with van der Waals surface area (Å²) in [5.74, 6) is -1.06. The molecule has 0 aliphatic heterocycles. The fraction of sp³-hybridized carbons (Fsp3) is 0.0435. The number of benzene rings is 3. The first-order valence-electron chi connectivity index (χ1n) is 9.00. The number of carboxylic acids is 1. The van der Waals surface area contributed by atoms with Crippen LogP contribution in [0.1, 0.15) is 15.9 Å². The maximum atomic E-state index is 13.2. The molecule has 0 saturated heterocycles. The summed E-state index contributed by atoms with van der Waals surface area (Å²) in [6.45, 7) is 0. The summed E-state index contributed by atoms with van der Waals surface area (Å²) in [7, 11) is 0. The first kappa shape index (κ1) is 19.4. The van der Waals surface area contributed by atoms with Gasteiger partial charge in [-0.3, -0.25) is 0 Å². The van der Waals surface area contributed by atoms with Gasteiger partial charge in [0, 0.05) is 11.1 Å². The lowest BCUT2D eigenvalue weighted by Gasteiger charge is -2.11. The molecule has 0 bridgehead atoms. The molecule has 0 amide bonds. The Labute approximate surface area is 169 Å². The molecule has 4 aromatic rings. The highest BCUT2D eigenvalue weighted by molar-refractivity contribution is 5.88. The van der Waals surface area contributed by atoms with Crippen molar-refractivity contribution in [2.75, 3.05) is 0 Å². The van der Waals surface area contributed by atoms with Gasteiger partial charge in [0.2, 0.25) is 0 Å². The Morgan fingerprint density at radius 1 is 0.833 bits per heavy atom. The van der Waals surface area contributed by atoms with Crippen molar-refractivity contribution in [1.29, 1.82) is 0 Å². The standard InChI is InChI=1S/C23H15F3N2O2/c24-23(25,26)18-7-4-8-19(13-18)28-21(16-9-11-17(12-10-16)22(29)30)14-20(27-28)15-5-2-1-3-6-15/h1-14H,(H,29,30). The van der Waals surface area contributed by atoms with Gasteiger partial charge < -0.3 is 5.11 Å². The minimum Gasteiger partial charge on any atom is -0.478 e. The average Bonchev–Trinajstić information content (AvgIpc) is 3.19. The van der Waals surface area contributed by atoms with E-state index < -0.39 is 17.7 Å². The maximum absolute atomic E-state index is 13.2. The van der Waals surface area contributed by atoms with Crippen LogP contribution in [0.3, 0.4) is 0 Å². The van der Waals surface area contributed by atoms with Crippen LogP contribution in [0.4, 0.5) is 13.2 Å². The Morgan fingerprint density at radius 3 is 2.17 bits per heavy atom. The zero-order chi connectivity index (χ0) is 21.3. The highest BCUT2D eigenvalue weighted by atomic mass is 19.4. The largest absolute Gasteiger partial charge is 0.478 e. The molecule has 0 fully saturated rings. The van der Waals surface area contributed by atoms with Crippen molar-refractivity contribution in [3.05, 3.63) is 96.1 Å². The molecule has 0 aliphatic carbocycles. The molecule has 7 heteroatoms. The molecule has 1 heterocycles. The number of hydrogen-bond acceptors (Lipinski definition) is 2. The molecule has 30 heavy (non-hydrogen) atoms. The molecule has 0 radical (unpaired) electrons. The van der Waals surface area contributed by atoms with Gasteiger partial charge in [-0.1, -0.05) is 48.5 Å². The molecule has 0 unspecified atom stereocenters. The Kier molecular flexibility index (Phi) is 4.87. The van der Waals surface area contributed by atoms with Crippen LogP contribution in [-0.2, 0) is 6.18 Å². The third kappa shape index (κ3) is 3.82. The normalized spacial score (nSPS) is 11.4. The first-order valence-corrected chi connectivity index (χ1v) is 9.00. The van der Waals surface area contributed by atoms with Crippen molar-refractivity contribution in [3.63, 3.8) is 0 Å². The van der Waals surface area contributed by atoms with Crippen LogP contribution in [0.2, 0.25) is 0 Å². The quantitative estimate of drug-likeness (QED) is 0.456. The smallest absolute Gasteiger partial charge is 0.416 e. The van der Waals surface area contributed by atoms with Gasteiger partial charge in [0.1, 0.15) is 0 Å². The third-order valence-corrected chi connectivity index (χ3v) is 4.62. The van der Waals surface area contributed by atoms with Crippen LogP contribution in [0, 0.1) is 0 Å². The van der Waals surface area contributed by atoms with E-state index in [0.717, 1.165) is 17.7 Å². The number of nitrogens with zero attached hydrogens (tertiary/aromatic N) is 2. The van der Waals surface area contributed by atoms with Gasteiger partial charge in [-0.25, -0.2) is 9.48 Å². The Hall–Kier alpha value is -3.87. The van der Waals surface area contributed by atoms with E-state index >= 15 is 0 Å². The molecule has 0 aliphatic rings. The monoisotopic (exact) mass is 408 g/mol. The van der Waals surface area contributed by atoms with Crippen molar-refractivity contribution in [2.45, 2.75) is 6.18 Å². The van der Waals surface area contributed by atoms with Gasteiger partial charge in [0.25, 0.3) is 0 Å². The molecule has 4 rings (SSSR count). The molecule has 0 atom stereocenters. The number of rotatable bonds is 4. The number of aromatic nitrogens is 2. The van der Waals surface area contributed by atoms with Crippen molar-refractivity contribution in [1.82, 2.24) is 9.78 Å². The summed E-state index contributed by atoms with van der Waals surface area (Å²) in [4.78, 5) is 11.1. The van der Waals surface area contributed by atoms with Crippen molar-refractivity contribution in [2.24, 2.45) is 0 Å². The van der Waals surface area contributed by atoms with Crippen LogP contribution in [0.5, 0.6) is 0 Å². The molecule has 150 valence electrons. The minimum absolute atomic E-state index is 0.118. The van der Waals surface area contributed by atoms with Crippen LogP contribution < -0.4 is 0 Å². The zero-order valence-electron chi connectivity index (χ0n) is 15.5. The van der Waals surface area contributed by atoms with Crippen LogP contribution >= 0.6 is 0 Å². The van der Waals surface area contributed by atoms with Gasteiger partial charge in [-0.15, -0.1) is 0 Å². The predicted molar refractivity (Wildman–Crippen MR) is 106 cm³/mol. The Morgan fingerprint density at radius 2 is 1.53 bits per heavy atom. The zero-order valence-corrected chi connectivity index (χ0v) is 15.5.